The van der Waals surface area contributed by atoms with Gasteiger partial charge in [0.25, 0.3) is 5.91 Å². The number of halogens is 3. The van der Waals surface area contributed by atoms with Gasteiger partial charge in [-0.1, -0.05) is 0 Å². The average Bonchev–Trinajstić information content (AvgIpc) is 2.47. The van der Waals surface area contributed by atoms with Gasteiger partial charge in [0.2, 0.25) is 5.88 Å². The van der Waals surface area contributed by atoms with Gasteiger partial charge in [-0.05, 0) is 36.4 Å². The van der Waals surface area contributed by atoms with E-state index in [-0.39, 0.29) is 17.2 Å². The molecule has 0 fully saturated rings. The lowest BCUT2D eigenvalue weighted by Crippen LogP contribution is -2.17. The number of benzene rings is 1. The van der Waals surface area contributed by atoms with Crippen molar-refractivity contribution in [3.05, 3.63) is 48.2 Å². The lowest BCUT2D eigenvalue weighted by atomic mass is 10.2. The maximum absolute atomic E-state index is 12.1. The minimum absolute atomic E-state index is 0.150. The highest BCUT2D eigenvalue weighted by Gasteiger charge is 2.30. The zero-order valence-corrected chi connectivity index (χ0v) is 11.3. The van der Waals surface area contributed by atoms with Crippen molar-refractivity contribution in [3.8, 4) is 11.6 Å². The van der Waals surface area contributed by atoms with Crippen LogP contribution in [0.2, 0.25) is 0 Å². The van der Waals surface area contributed by atoms with Gasteiger partial charge in [-0.3, -0.25) is 4.79 Å². The van der Waals surface area contributed by atoms with Crippen LogP contribution < -0.4 is 14.8 Å². The number of nitrogens with one attached hydrogen (secondary N) is 1. The second-order valence-corrected chi connectivity index (χ2v) is 4.09. The molecule has 0 unspecified atom stereocenters. The Kier molecular flexibility index (Phi) is 4.50. The van der Waals surface area contributed by atoms with Crippen molar-refractivity contribution in [1.29, 1.82) is 0 Å². The molecule has 1 amide bonds. The number of aromatic nitrogens is 1. The van der Waals surface area contributed by atoms with E-state index in [1.165, 1.54) is 31.5 Å². The molecule has 22 heavy (non-hydrogen) atoms. The molecule has 2 aromatic rings. The van der Waals surface area contributed by atoms with Gasteiger partial charge in [0, 0.05) is 11.9 Å². The van der Waals surface area contributed by atoms with Gasteiger partial charge in [-0.15, -0.1) is 13.2 Å². The summed E-state index contributed by atoms with van der Waals surface area (Å²) in [5.41, 5.74) is 0.519. The second-order valence-electron chi connectivity index (χ2n) is 4.09. The topological polar surface area (TPSA) is 60.5 Å². The van der Waals surface area contributed by atoms with Crippen LogP contribution in [-0.4, -0.2) is 24.4 Å². The van der Waals surface area contributed by atoms with E-state index in [1.54, 1.807) is 6.07 Å². The van der Waals surface area contributed by atoms with E-state index in [0.29, 0.717) is 5.69 Å². The molecule has 0 saturated heterocycles. The third-order valence-electron chi connectivity index (χ3n) is 2.55. The van der Waals surface area contributed by atoms with Crippen LogP contribution in [0, 0.1) is 0 Å². The Hall–Kier alpha value is -2.77. The van der Waals surface area contributed by atoms with E-state index in [2.05, 4.69) is 15.0 Å². The van der Waals surface area contributed by atoms with Crippen molar-refractivity contribution in [2.24, 2.45) is 0 Å². The molecule has 0 aliphatic rings. The van der Waals surface area contributed by atoms with Crippen molar-refractivity contribution < 1.29 is 27.4 Å². The van der Waals surface area contributed by atoms with Crippen LogP contribution in [0.25, 0.3) is 0 Å². The van der Waals surface area contributed by atoms with Crippen molar-refractivity contribution in [1.82, 2.24) is 4.98 Å². The van der Waals surface area contributed by atoms with Gasteiger partial charge in [-0.2, -0.15) is 0 Å². The normalized spacial score (nSPS) is 10.9. The first-order valence-corrected chi connectivity index (χ1v) is 6.05. The Balaban J connectivity index is 2.09. The first-order chi connectivity index (χ1) is 10.4. The zero-order valence-electron chi connectivity index (χ0n) is 11.3. The largest absolute Gasteiger partial charge is 0.573 e. The summed E-state index contributed by atoms with van der Waals surface area (Å²) in [6.45, 7) is 0. The maximum atomic E-state index is 12.1. The molecule has 5 nitrogen and oxygen atoms in total. The average molecular weight is 312 g/mol. The molecule has 1 N–H and O–H groups in total. The fourth-order valence-electron chi connectivity index (χ4n) is 1.66. The number of amides is 1. The quantitative estimate of drug-likeness (QED) is 0.941. The first kappa shape index (κ1) is 15.6. The van der Waals surface area contributed by atoms with Crippen LogP contribution in [0.15, 0.2) is 42.6 Å². The molecule has 0 spiro atoms. The number of carbonyl (C=O) groups is 1. The molecule has 0 saturated carbocycles. The zero-order chi connectivity index (χ0) is 16.2. The number of nitrogens with zero attached hydrogens (tertiary/aromatic N) is 1. The summed E-state index contributed by atoms with van der Waals surface area (Å²) in [5.74, 6) is -0.712. The predicted octanol–water partition coefficient (Wildman–Crippen LogP) is 3.24. The summed E-state index contributed by atoms with van der Waals surface area (Å²) in [7, 11) is 1.38. The number of anilines is 1. The highest BCUT2D eigenvalue weighted by atomic mass is 19.4. The molecule has 116 valence electrons. The maximum Gasteiger partial charge on any atom is 0.573 e. The SMILES string of the molecule is COc1ncccc1C(=O)Nc1ccc(OC(F)(F)F)cc1. The van der Waals surface area contributed by atoms with E-state index in [9.17, 15) is 18.0 Å². The highest BCUT2D eigenvalue weighted by molar-refractivity contribution is 6.05. The van der Waals surface area contributed by atoms with E-state index in [0.717, 1.165) is 12.1 Å². The molecule has 0 aliphatic carbocycles. The molecule has 0 bridgehead atoms. The molecule has 1 aromatic carbocycles. The molecule has 0 radical (unpaired) electrons. The lowest BCUT2D eigenvalue weighted by Gasteiger charge is -2.10. The Labute approximate surface area is 123 Å². The van der Waals surface area contributed by atoms with Crippen molar-refractivity contribution >= 4 is 11.6 Å². The number of rotatable bonds is 4. The summed E-state index contributed by atoms with van der Waals surface area (Å²) < 4.78 is 44.8. The Morgan fingerprint density at radius 1 is 1.18 bits per heavy atom. The summed E-state index contributed by atoms with van der Waals surface area (Å²) in [6, 6.07) is 7.87. The minimum atomic E-state index is -4.76. The minimum Gasteiger partial charge on any atom is -0.480 e. The number of alkyl halides is 3. The van der Waals surface area contributed by atoms with Crippen molar-refractivity contribution in [2.75, 3.05) is 12.4 Å². The molecule has 2 rings (SSSR count). The number of carbonyl (C=O) groups excluding carboxylic acids is 1. The van der Waals surface area contributed by atoms with Gasteiger partial charge in [0.1, 0.15) is 11.3 Å². The standard InChI is InChI=1S/C14H11F3N2O3/c1-21-13-11(3-2-8-18-13)12(20)19-9-4-6-10(7-5-9)22-14(15,16)17/h2-8H,1H3,(H,19,20). The van der Waals surface area contributed by atoms with Gasteiger partial charge < -0.3 is 14.8 Å². The van der Waals surface area contributed by atoms with E-state index in [1.807, 2.05) is 0 Å². The van der Waals surface area contributed by atoms with E-state index in [4.69, 9.17) is 4.74 Å². The third-order valence-corrected chi connectivity index (χ3v) is 2.55. The van der Waals surface area contributed by atoms with E-state index >= 15 is 0 Å². The number of hydrogen-bond donors (Lipinski definition) is 1. The monoisotopic (exact) mass is 312 g/mol. The van der Waals surface area contributed by atoms with Crippen LogP contribution in [-0.2, 0) is 0 Å². The summed E-state index contributed by atoms with van der Waals surface area (Å²) >= 11 is 0. The number of ether oxygens (including phenoxy) is 2. The highest BCUT2D eigenvalue weighted by Crippen LogP contribution is 2.24. The van der Waals surface area contributed by atoms with Gasteiger partial charge in [0.05, 0.1) is 7.11 Å². The molecular formula is C14H11F3N2O3. The van der Waals surface area contributed by atoms with Crippen LogP contribution in [0.1, 0.15) is 10.4 Å². The fraction of sp³-hybridized carbons (Fsp3) is 0.143. The number of hydrogen-bond acceptors (Lipinski definition) is 4. The van der Waals surface area contributed by atoms with Gasteiger partial charge in [0.15, 0.2) is 0 Å². The Bertz CT molecular complexity index is 657. The lowest BCUT2D eigenvalue weighted by molar-refractivity contribution is -0.274. The van der Waals surface area contributed by atoms with Crippen LogP contribution in [0.4, 0.5) is 18.9 Å². The van der Waals surface area contributed by atoms with Crippen molar-refractivity contribution in [3.63, 3.8) is 0 Å². The molecule has 0 atom stereocenters. The van der Waals surface area contributed by atoms with Gasteiger partial charge in [-0.25, -0.2) is 4.98 Å². The van der Waals surface area contributed by atoms with Gasteiger partial charge >= 0.3 is 6.36 Å². The second kappa shape index (κ2) is 6.33. The van der Waals surface area contributed by atoms with Crippen LogP contribution in [0.5, 0.6) is 11.6 Å². The van der Waals surface area contributed by atoms with Crippen molar-refractivity contribution in [2.45, 2.75) is 6.36 Å². The number of methoxy groups -OCH3 is 1. The molecule has 8 heteroatoms. The number of pyridine rings is 1. The Morgan fingerprint density at radius 2 is 1.86 bits per heavy atom. The first-order valence-electron chi connectivity index (χ1n) is 6.05. The molecule has 1 aromatic heterocycles. The summed E-state index contributed by atoms with van der Waals surface area (Å²) in [4.78, 5) is 16.0. The van der Waals surface area contributed by atoms with E-state index < -0.39 is 12.3 Å². The van der Waals surface area contributed by atoms with Crippen LogP contribution >= 0.6 is 0 Å². The molecular weight excluding hydrogens is 301 g/mol. The van der Waals surface area contributed by atoms with Crippen LogP contribution in [0.3, 0.4) is 0 Å². The predicted molar refractivity (Wildman–Crippen MR) is 71.9 cm³/mol. The molecule has 1 heterocycles. The Morgan fingerprint density at radius 3 is 2.45 bits per heavy atom. The smallest absolute Gasteiger partial charge is 0.480 e. The summed E-state index contributed by atoms with van der Waals surface area (Å²) in [5, 5.41) is 2.53. The summed E-state index contributed by atoms with van der Waals surface area (Å²) in [6.07, 6.45) is -3.28. The fourth-order valence-corrected chi connectivity index (χ4v) is 1.66. The third kappa shape index (κ3) is 4.11. The molecule has 0 aliphatic heterocycles.